The smallest absolute Gasteiger partial charge is 0.225 e. The lowest BCUT2D eigenvalue weighted by Crippen LogP contribution is -1.93. The average molecular weight is 194 g/mol. The van der Waals surface area contributed by atoms with Crippen molar-refractivity contribution in [1.82, 2.24) is 19.5 Å². The van der Waals surface area contributed by atoms with Crippen LogP contribution in [0, 0.1) is 11.3 Å². The summed E-state index contributed by atoms with van der Waals surface area (Å²) >= 11 is 5.62. The van der Waals surface area contributed by atoms with Gasteiger partial charge in [-0.1, -0.05) is 0 Å². The molecule has 0 aliphatic carbocycles. The number of nitrogens with zero attached hydrogens (tertiary/aromatic N) is 5. The Morgan fingerprint density at radius 3 is 3.00 bits per heavy atom. The first-order chi connectivity index (χ1) is 6.22. The van der Waals surface area contributed by atoms with E-state index in [9.17, 15) is 0 Å². The zero-order valence-corrected chi connectivity index (χ0v) is 7.45. The number of fused-ring (bicyclic) bond motifs is 1. The predicted molar refractivity (Wildman–Crippen MR) is 46.0 cm³/mol. The van der Waals surface area contributed by atoms with Crippen molar-refractivity contribution in [2.45, 2.75) is 0 Å². The molecule has 5 nitrogen and oxygen atoms in total. The van der Waals surface area contributed by atoms with Crippen molar-refractivity contribution >= 4 is 22.8 Å². The third kappa shape index (κ3) is 1.12. The normalized spacial score (nSPS) is 10.2. The molecule has 6 heteroatoms. The number of aryl methyl sites for hydroxylation is 1. The summed E-state index contributed by atoms with van der Waals surface area (Å²) in [7, 11) is 1.78. The van der Waals surface area contributed by atoms with Crippen LogP contribution in [0.4, 0.5) is 0 Å². The van der Waals surface area contributed by atoms with E-state index in [1.807, 2.05) is 6.07 Å². The highest BCUT2D eigenvalue weighted by Gasteiger charge is 2.09. The van der Waals surface area contributed by atoms with Crippen molar-refractivity contribution < 1.29 is 0 Å². The van der Waals surface area contributed by atoms with E-state index in [1.165, 1.54) is 0 Å². The Labute approximate surface area is 78.6 Å². The second kappa shape index (κ2) is 2.68. The summed E-state index contributed by atoms with van der Waals surface area (Å²) in [5.74, 6) is 0. The summed E-state index contributed by atoms with van der Waals surface area (Å²) in [6, 6.07) is 1.91. The molecule has 0 saturated heterocycles. The van der Waals surface area contributed by atoms with Gasteiger partial charge >= 0.3 is 0 Å². The Morgan fingerprint density at radius 1 is 1.54 bits per heavy atom. The van der Waals surface area contributed by atoms with Gasteiger partial charge < -0.3 is 4.57 Å². The number of nitriles is 1. The van der Waals surface area contributed by atoms with Crippen LogP contribution in [0.2, 0.25) is 5.28 Å². The maximum Gasteiger partial charge on any atom is 0.225 e. The van der Waals surface area contributed by atoms with Gasteiger partial charge in [-0.3, -0.25) is 0 Å². The molecule has 0 saturated carbocycles. The van der Waals surface area contributed by atoms with Gasteiger partial charge in [-0.2, -0.15) is 10.2 Å². The molecule has 0 aromatic carbocycles. The minimum Gasteiger partial charge on any atom is -0.318 e. The van der Waals surface area contributed by atoms with Gasteiger partial charge in [0.2, 0.25) is 5.28 Å². The van der Waals surface area contributed by atoms with Gasteiger partial charge in [0.25, 0.3) is 0 Å². The molecule has 0 radical (unpaired) electrons. The van der Waals surface area contributed by atoms with Crippen molar-refractivity contribution in [2.75, 3.05) is 0 Å². The van der Waals surface area contributed by atoms with Crippen molar-refractivity contribution in [3.05, 3.63) is 17.3 Å². The first kappa shape index (κ1) is 7.95. The number of aromatic nitrogens is 4. The fraction of sp³-hybridized carbons (Fsp3) is 0.143. The van der Waals surface area contributed by atoms with Gasteiger partial charge in [-0.25, -0.2) is 9.97 Å². The second-order valence-corrected chi connectivity index (χ2v) is 2.82. The SMILES string of the molecule is Cn1cnc2c(C#N)nc(Cl)nc21. The van der Waals surface area contributed by atoms with Crippen LogP contribution in [0.25, 0.3) is 11.2 Å². The molecule has 64 valence electrons. The Morgan fingerprint density at radius 2 is 2.31 bits per heavy atom. The summed E-state index contributed by atoms with van der Waals surface area (Å²) in [6.07, 6.45) is 1.57. The number of imidazole rings is 1. The zero-order valence-electron chi connectivity index (χ0n) is 6.69. The number of rotatable bonds is 0. The lowest BCUT2D eigenvalue weighted by Gasteiger charge is -1.94. The third-order valence-electron chi connectivity index (χ3n) is 1.64. The minimum atomic E-state index is 0.0626. The third-order valence-corrected chi connectivity index (χ3v) is 1.81. The van der Waals surface area contributed by atoms with Crippen LogP contribution in [-0.2, 0) is 7.05 Å². The summed E-state index contributed by atoms with van der Waals surface area (Å²) < 4.78 is 1.68. The van der Waals surface area contributed by atoms with Crippen LogP contribution in [0.1, 0.15) is 5.69 Å². The topological polar surface area (TPSA) is 67.4 Å². The molecule has 2 rings (SSSR count). The van der Waals surface area contributed by atoms with Gasteiger partial charge in [0.1, 0.15) is 11.6 Å². The van der Waals surface area contributed by atoms with Crippen LogP contribution in [0.15, 0.2) is 6.33 Å². The van der Waals surface area contributed by atoms with Crippen molar-refractivity contribution in [1.29, 1.82) is 5.26 Å². The maximum absolute atomic E-state index is 8.72. The summed E-state index contributed by atoms with van der Waals surface area (Å²) in [4.78, 5) is 11.7. The fourth-order valence-corrected chi connectivity index (χ4v) is 1.22. The summed E-state index contributed by atoms with van der Waals surface area (Å²) in [5, 5.41) is 8.78. The van der Waals surface area contributed by atoms with Crippen molar-refractivity contribution in [2.24, 2.45) is 7.05 Å². The largest absolute Gasteiger partial charge is 0.318 e. The van der Waals surface area contributed by atoms with Gasteiger partial charge in [-0.05, 0) is 11.6 Å². The van der Waals surface area contributed by atoms with E-state index in [-0.39, 0.29) is 11.0 Å². The van der Waals surface area contributed by atoms with E-state index in [1.54, 1.807) is 17.9 Å². The quantitative estimate of drug-likeness (QED) is 0.583. The molecule has 0 aliphatic heterocycles. The first-order valence-electron chi connectivity index (χ1n) is 3.47. The Kier molecular flexibility index (Phi) is 1.64. The standard InChI is InChI=1S/C7H4ClN5/c1-13-3-10-5-4(2-9)11-7(8)12-6(5)13/h3H,1H3. The highest BCUT2D eigenvalue weighted by Crippen LogP contribution is 2.14. The molecule has 13 heavy (non-hydrogen) atoms. The van der Waals surface area contributed by atoms with Crippen LogP contribution >= 0.6 is 11.6 Å². The van der Waals surface area contributed by atoms with Crippen LogP contribution in [0.5, 0.6) is 0 Å². The maximum atomic E-state index is 8.72. The molecule has 0 N–H and O–H groups in total. The van der Waals surface area contributed by atoms with Gasteiger partial charge in [0.15, 0.2) is 11.3 Å². The zero-order chi connectivity index (χ0) is 9.42. The molecule has 2 heterocycles. The molecule has 0 bridgehead atoms. The van der Waals surface area contributed by atoms with E-state index < -0.39 is 0 Å². The molecule has 0 fully saturated rings. The highest BCUT2D eigenvalue weighted by atomic mass is 35.5. The number of hydrogen-bond donors (Lipinski definition) is 0. The van der Waals surface area contributed by atoms with Crippen LogP contribution in [0.3, 0.4) is 0 Å². The monoisotopic (exact) mass is 193 g/mol. The molecular weight excluding hydrogens is 190 g/mol. The predicted octanol–water partition coefficient (Wildman–Crippen LogP) is 0.888. The van der Waals surface area contributed by atoms with E-state index in [2.05, 4.69) is 15.0 Å². The van der Waals surface area contributed by atoms with E-state index >= 15 is 0 Å². The van der Waals surface area contributed by atoms with Gasteiger partial charge in [-0.15, -0.1) is 0 Å². The summed E-state index contributed by atoms with van der Waals surface area (Å²) in [6.45, 7) is 0. The summed E-state index contributed by atoms with van der Waals surface area (Å²) in [5.41, 5.74) is 1.25. The molecule has 0 atom stereocenters. The van der Waals surface area contributed by atoms with E-state index in [0.29, 0.717) is 11.2 Å². The van der Waals surface area contributed by atoms with Gasteiger partial charge in [0, 0.05) is 7.05 Å². The molecular formula is C7H4ClN5. The van der Waals surface area contributed by atoms with Crippen molar-refractivity contribution in [3.63, 3.8) is 0 Å². The first-order valence-corrected chi connectivity index (χ1v) is 3.85. The minimum absolute atomic E-state index is 0.0626. The lowest BCUT2D eigenvalue weighted by atomic mass is 10.4. The molecule has 0 unspecified atom stereocenters. The Bertz CT molecular complexity index is 509. The Balaban J connectivity index is 2.94. The molecule has 0 spiro atoms. The number of hydrogen-bond acceptors (Lipinski definition) is 4. The highest BCUT2D eigenvalue weighted by molar-refractivity contribution is 6.28. The molecule has 0 aliphatic rings. The second-order valence-electron chi connectivity index (χ2n) is 2.48. The Hall–Kier alpha value is -1.67. The van der Waals surface area contributed by atoms with Crippen molar-refractivity contribution in [3.8, 4) is 6.07 Å². The lowest BCUT2D eigenvalue weighted by molar-refractivity contribution is 0.928. The van der Waals surface area contributed by atoms with E-state index in [4.69, 9.17) is 16.9 Å². The number of halogens is 1. The molecule has 0 amide bonds. The van der Waals surface area contributed by atoms with E-state index in [0.717, 1.165) is 0 Å². The molecule has 2 aromatic rings. The molecule has 2 aromatic heterocycles. The van der Waals surface area contributed by atoms with Crippen LogP contribution < -0.4 is 0 Å². The van der Waals surface area contributed by atoms with Gasteiger partial charge in [0.05, 0.1) is 6.33 Å². The fourth-order valence-electron chi connectivity index (χ4n) is 1.06. The average Bonchev–Trinajstić information content (AvgIpc) is 2.47. The van der Waals surface area contributed by atoms with Crippen LogP contribution in [-0.4, -0.2) is 19.5 Å².